The van der Waals surface area contributed by atoms with Crippen molar-refractivity contribution in [2.75, 3.05) is 18.5 Å². The fourth-order valence-corrected chi connectivity index (χ4v) is 2.97. The van der Waals surface area contributed by atoms with Crippen LogP contribution in [0.15, 0.2) is 48.8 Å². The van der Waals surface area contributed by atoms with Crippen molar-refractivity contribution < 1.29 is 9.59 Å². The number of hydrogen-bond donors (Lipinski definition) is 2. The normalized spacial score (nSPS) is 10.3. The highest BCUT2D eigenvalue weighted by molar-refractivity contribution is 6.05. The van der Waals surface area contributed by atoms with Crippen molar-refractivity contribution in [1.29, 1.82) is 0 Å². The second-order valence-corrected chi connectivity index (χ2v) is 6.64. The average Bonchev–Trinajstić information content (AvgIpc) is 2.74. The molecule has 2 aromatic rings. The van der Waals surface area contributed by atoms with Crippen LogP contribution in [0.1, 0.15) is 42.6 Å². The Kier molecular flexibility index (Phi) is 11.5. The lowest BCUT2D eigenvalue weighted by Crippen LogP contribution is -2.45. The highest BCUT2D eigenvalue weighted by Crippen LogP contribution is 2.25. The number of amides is 2. The highest BCUT2D eigenvalue weighted by atomic mass is 35.5. The van der Waals surface area contributed by atoms with Crippen molar-refractivity contribution in [3.63, 3.8) is 0 Å². The number of hydrogen-bond acceptors (Lipinski definition) is 4. The molecule has 0 fully saturated rings. The van der Waals surface area contributed by atoms with E-state index < -0.39 is 5.41 Å². The van der Waals surface area contributed by atoms with Gasteiger partial charge in [-0.05, 0) is 42.7 Å². The van der Waals surface area contributed by atoms with Crippen LogP contribution in [0.25, 0.3) is 0 Å². The Morgan fingerprint density at radius 1 is 1.03 bits per heavy atom. The smallest absolute Gasteiger partial charge is 0.258 e. The van der Waals surface area contributed by atoms with E-state index in [9.17, 15) is 9.59 Å². The van der Waals surface area contributed by atoms with Crippen molar-refractivity contribution in [1.82, 2.24) is 10.3 Å². The van der Waals surface area contributed by atoms with Gasteiger partial charge in [0.2, 0.25) is 5.91 Å². The number of carbonyl (C=O) groups is 2. The van der Waals surface area contributed by atoms with E-state index in [-0.39, 0.29) is 36.6 Å². The van der Waals surface area contributed by atoms with Gasteiger partial charge in [-0.25, -0.2) is 0 Å². The van der Waals surface area contributed by atoms with Crippen molar-refractivity contribution in [3.8, 4) is 0 Å². The van der Waals surface area contributed by atoms with Gasteiger partial charge in [-0.1, -0.05) is 26.0 Å². The van der Waals surface area contributed by atoms with Gasteiger partial charge in [-0.3, -0.25) is 14.6 Å². The van der Waals surface area contributed by atoms with Gasteiger partial charge in [0.05, 0.1) is 5.41 Å². The predicted octanol–water partition coefficient (Wildman–Crippen LogP) is 3.58. The van der Waals surface area contributed by atoms with E-state index in [1.807, 2.05) is 38.1 Å². The molecule has 1 aromatic carbocycles. The van der Waals surface area contributed by atoms with Crippen LogP contribution >= 0.6 is 24.8 Å². The van der Waals surface area contributed by atoms with Crippen molar-refractivity contribution >= 4 is 42.3 Å². The maximum Gasteiger partial charge on any atom is 0.258 e. The third-order valence-electron chi connectivity index (χ3n) is 5.23. The van der Waals surface area contributed by atoms with Crippen LogP contribution in [0.5, 0.6) is 0 Å². The zero-order valence-corrected chi connectivity index (χ0v) is 18.7. The molecule has 0 aliphatic heterocycles. The van der Waals surface area contributed by atoms with Gasteiger partial charge in [0.1, 0.15) is 0 Å². The van der Waals surface area contributed by atoms with Crippen molar-refractivity contribution in [3.05, 3.63) is 59.9 Å². The molecule has 29 heavy (non-hydrogen) atoms. The third kappa shape index (κ3) is 6.42. The summed E-state index contributed by atoms with van der Waals surface area (Å²) in [4.78, 5) is 30.5. The summed E-state index contributed by atoms with van der Waals surface area (Å²) in [5.74, 6) is -0.110. The van der Waals surface area contributed by atoms with Crippen LogP contribution in [0.3, 0.4) is 0 Å². The Bertz CT molecular complexity index is 758. The number of aromatic nitrogens is 1. The summed E-state index contributed by atoms with van der Waals surface area (Å²) in [7, 11) is 1.73. The Balaban J connectivity index is 0.00000392. The highest BCUT2D eigenvalue weighted by Gasteiger charge is 2.32. The molecule has 0 bridgehead atoms. The minimum atomic E-state index is -0.503. The summed E-state index contributed by atoms with van der Waals surface area (Å²) in [6.45, 7) is 4.75. The standard InChI is InChI=1S/C21H28N4O2.2ClH/c1-4-21(5-2,15-22)20(27)24-14-16-6-8-18(9-7-16)25(3)19(26)17-10-12-23-13-11-17;;/h6-13H,4-5,14-15,22H2,1-3H3,(H,24,27);2*1H. The first-order valence-corrected chi connectivity index (χ1v) is 9.22. The molecule has 2 amide bonds. The predicted molar refractivity (Wildman–Crippen MR) is 122 cm³/mol. The lowest BCUT2D eigenvalue weighted by molar-refractivity contribution is -0.131. The molecule has 8 heteroatoms. The molecule has 0 saturated heterocycles. The summed E-state index contributed by atoms with van der Waals surface area (Å²) in [5, 5.41) is 2.98. The van der Waals surface area contributed by atoms with Crippen LogP contribution in [0.4, 0.5) is 5.69 Å². The number of pyridine rings is 1. The lowest BCUT2D eigenvalue weighted by Gasteiger charge is -2.28. The molecule has 0 atom stereocenters. The Morgan fingerprint density at radius 2 is 1.59 bits per heavy atom. The van der Waals surface area contributed by atoms with Crippen LogP contribution in [0, 0.1) is 5.41 Å². The molecule has 0 saturated carbocycles. The second-order valence-electron chi connectivity index (χ2n) is 6.64. The molecule has 3 N–H and O–H groups in total. The molecule has 6 nitrogen and oxygen atoms in total. The molecular weight excluding hydrogens is 411 g/mol. The van der Waals surface area contributed by atoms with E-state index >= 15 is 0 Å². The molecule has 0 spiro atoms. The SMILES string of the molecule is CCC(CC)(CN)C(=O)NCc1ccc(N(C)C(=O)c2ccncc2)cc1.Cl.Cl. The number of benzene rings is 1. The molecule has 1 heterocycles. The second kappa shape index (κ2) is 12.4. The Labute approximate surface area is 185 Å². The molecule has 0 radical (unpaired) electrons. The zero-order valence-electron chi connectivity index (χ0n) is 17.1. The van der Waals surface area contributed by atoms with Crippen molar-refractivity contribution in [2.45, 2.75) is 33.2 Å². The van der Waals surface area contributed by atoms with Crippen LogP contribution in [-0.2, 0) is 11.3 Å². The first-order valence-electron chi connectivity index (χ1n) is 9.22. The number of carbonyl (C=O) groups excluding carboxylic acids is 2. The van der Waals surface area contributed by atoms with Gasteiger partial charge in [-0.15, -0.1) is 24.8 Å². The van der Waals surface area contributed by atoms with Crippen LogP contribution < -0.4 is 16.0 Å². The monoisotopic (exact) mass is 440 g/mol. The maximum atomic E-state index is 12.5. The van der Waals surface area contributed by atoms with Crippen molar-refractivity contribution in [2.24, 2.45) is 11.1 Å². The molecule has 1 aromatic heterocycles. The Morgan fingerprint density at radius 3 is 2.07 bits per heavy atom. The third-order valence-corrected chi connectivity index (χ3v) is 5.23. The summed E-state index contributed by atoms with van der Waals surface area (Å²) < 4.78 is 0. The number of halogens is 2. The summed E-state index contributed by atoms with van der Waals surface area (Å²) in [6, 6.07) is 10.9. The van der Waals surface area contributed by atoms with Gasteiger partial charge < -0.3 is 16.0 Å². The first-order chi connectivity index (χ1) is 13.0. The number of nitrogens with one attached hydrogen (secondary N) is 1. The maximum absolute atomic E-state index is 12.5. The Hall–Kier alpha value is -2.15. The molecule has 2 rings (SSSR count). The number of rotatable bonds is 8. The molecule has 0 aliphatic rings. The summed E-state index contributed by atoms with van der Waals surface area (Å²) in [6.07, 6.45) is 4.63. The topological polar surface area (TPSA) is 88.3 Å². The first kappa shape index (κ1) is 26.9. The summed E-state index contributed by atoms with van der Waals surface area (Å²) in [5.41, 5.74) is 7.66. The van der Waals surface area contributed by atoms with Gasteiger partial charge in [-0.2, -0.15) is 0 Å². The van der Waals surface area contributed by atoms with Crippen LogP contribution in [-0.4, -0.2) is 30.4 Å². The van der Waals surface area contributed by atoms with Gasteiger partial charge >= 0.3 is 0 Å². The zero-order chi connectivity index (χ0) is 19.9. The van der Waals surface area contributed by atoms with Crippen LogP contribution in [0.2, 0.25) is 0 Å². The van der Waals surface area contributed by atoms with E-state index in [1.54, 1.807) is 36.5 Å². The molecular formula is C21H30Cl2N4O2. The van der Waals surface area contributed by atoms with E-state index in [1.165, 1.54) is 0 Å². The molecule has 0 aliphatic carbocycles. The average molecular weight is 441 g/mol. The number of anilines is 1. The minimum absolute atomic E-state index is 0. The number of nitrogens with zero attached hydrogens (tertiary/aromatic N) is 2. The largest absolute Gasteiger partial charge is 0.352 e. The minimum Gasteiger partial charge on any atom is -0.352 e. The van der Waals surface area contributed by atoms with E-state index in [0.29, 0.717) is 31.5 Å². The van der Waals surface area contributed by atoms with Gasteiger partial charge in [0.25, 0.3) is 5.91 Å². The molecule has 160 valence electrons. The van der Waals surface area contributed by atoms with Gasteiger partial charge in [0.15, 0.2) is 0 Å². The molecule has 0 unspecified atom stereocenters. The quantitative estimate of drug-likeness (QED) is 0.656. The summed E-state index contributed by atoms with van der Waals surface area (Å²) >= 11 is 0. The lowest BCUT2D eigenvalue weighted by atomic mass is 9.81. The van der Waals surface area contributed by atoms with Gasteiger partial charge in [0, 0.05) is 43.8 Å². The van der Waals surface area contributed by atoms with E-state index in [2.05, 4.69) is 10.3 Å². The fraction of sp³-hybridized carbons (Fsp3) is 0.381. The fourth-order valence-electron chi connectivity index (χ4n) is 2.97. The van der Waals surface area contributed by atoms with E-state index in [0.717, 1.165) is 11.3 Å². The number of nitrogens with two attached hydrogens (primary N) is 1. The van der Waals surface area contributed by atoms with E-state index in [4.69, 9.17) is 5.73 Å².